The summed E-state index contributed by atoms with van der Waals surface area (Å²) in [6.07, 6.45) is 3.27. The van der Waals surface area contributed by atoms with Crippen molar-refractivity contribution in [2.24, 2.45) is 0 Å². The number of carbonyl (C=O) groups excluding carboxylic acids is 1. The van der Waals surface area contributed by atoms with Crippen molar-refractivity contribution in [3.05, 3.63) is 40.8 Å². The summed E-state index contributed by atoms with van der Waals surface area (Å²) >= 11 is 0. The fourth-order valence-corrected chi connectivity index (χ4v) is 3.32. The monoisotopic (exact) mass is 250 g/mol. The van der Waals surface area contributed by atoms with E-state index >= 15 is 0 Å². The predicted molar refractivity (Wildman–Crippen MR) is 65.3 cm³/mol. The first kappa shape index (κ1) is 12.0. The summed E-state index contributed by atoms with van der Waals surface area (Å²) in [7, 11) is -3.62. The van der Waals surface area contributed by atoms with E-state index in [1.165, 1.54) is 0 Å². The smallest absolute Gasteiger partial charge is 0.209 e. The van der Waals surface area contributed by atoms with Crippen LogP contribution in [0.25, 0.3) is 0 Å². The zero-order chi connectivity index (χ0) is 12.5. The molecule has 0 aliphatic heterocycles. The van der Waals surface area contributed by atoms with E-state index < -0.39 is 9.84 Å². The van der Waals surface area contributed by atoms with Gasteiger partial charge in [0.15, 0.2) is 5.78 Å². The lowest BCUT2D eigenvalue weighted by Crippen LogP contribution is -2.16. The molecule has 0 unspecified atom stereocenters. The van der Waals surface area contributed by atoms with Crippen molar-refractivity contribution in [2.45, 2.75) is 31.1 Å². The first-order valence-electron chi connectivity index (χ1n) is 5.57. The third-order valence-corrected chi connectivity index (χ3v) is 4.70. The third kappa shape index (κ3) is 2.31. The Hall–Kier alpha value is -1.42. The van der Waals surface area contributed by atoms with E-state index in [0.29, 0.717) is 12.8 Å². The van der Waals surface area contributed by atoms with Gasteiger partial charge in [-0.15, -0.1) is 0 Å². The first-order chi connectivity index (χ1) is 8.01. The van der Waals surface area contributed by atoms with Crippen LogP contribution in [-0.4, -0.2) is 14.2 Å². The number of sulfone groups is 1. The molecular formula is C13H14O3S. The van der Waals surface area contributed by atoms with Gasteiger partial charge in [-0.2, -0.15) is 0 Å². The average Bonchev–Trinajstić information content (AvgIpc) is 2.30. The Morgan fingerprint density at radius 1 is 1.12 bits per heavy atom. The van der Waals surface area contributed by atoms with Gasteiger partial charge in [-0.25, -0.2) is 8.42 Å². The maximum atomic E-state index is 12.2. The number of Topliss-reactive ketones (excluding diaryl/α,β-unsaturated/α-hetero) is 1. The molecule has 1 aliphatic carbocycles. The Kier molecular flexibility index (Phi) is 3.15. The number of hydrogen-bond acceptors (Lipinski definition) is 3. The number of hydrogen-bond donors (Lipinski definition) is 0. The SMILES string of the molecule is Cc1ccc(S(=O)(=O)C2=CCCCC2=O)cc1. The summed E-state index contributed by atoms with van der Waals surface area (Å²) in [5.74, 6) is -0.267. The van der Waals surface area contributed by atoms with Crippen LogP contribution >= 0.6 is 0 Å². The van der Waals surface area contributed by atoms with E-state index in [9.17, 15) is 13.2 Å². The lowest BCUT2D eigenvalue weighted by Gasteiger charge is -2.12. The molecule has 0 saturated carbocycles. The summed E-state index contributed by atoms with van der Waals surface area (Å²) in [6, 6.07) is 6.57. The molecule has 1 aromatic rings. The molecule has 0 fully saturated rings. The van der Waals surface area contributed by atoms with Crippen LogP contribution in [0.3, 0.4) is 0 Å². The number of ketones is 1. The number of aryl methyl sites for hydroxylation is 1. The van der Waals surface area contributed by atoms with Crippen LogP contribution in [0.2, 0.25) is 0 Å². The number of carbonyl (C=O) groups is 1. The lowest BCUT2D eigenvalue weighted by molar-refractivity contribution is -0.115. The van der Waals surface area contributed by atoms with Crippen LogP contribution in [0.5, 0.6) is 0 Å². The maximum Gasteiger partial charge on any atom is 0.209 e. The van der Waals surface area contributed by atoms with Crippen LogP contribution < -0.4 is 0 Å². The van der Waals surface area contributed by atoms with Gasteiger partial charge >= 0.3 is 0 Å². The molecule has 0 bridgehead atoms. The quantitative estimate of drug-likeness (QED) is 0.810. The average molecular weight is 250 g/mol. The van der Waals surface area contributed by atoms with Gasteiger partial charge in [0.2, 0.25) is 9.84 Å². The standard InChI is InChI=1S/C13H14O3S/c1-10-6-8-11(9-7-10)17(15,16)13-5-3-2-4-12(13)14/h5-9H,2-4H2,1H3. The highest BCUT2D eigenvalue weighted by Gasteiger charge is 2.27. The summed E-state index contributed by atoms with van der Waals surface area (Å²) < 4.78 is 24.4. The van der Waals surface area contributed by atoms with Gasteiger partial charge in [-0.3, -0.25) is 4.79 Å². The van der Waals surface area contributed by atoms with Gasteiger partial charge in [0.25, 0.3) is 0 Å². The van der Waals surface area contributed by atoms with Crippen molar-refractivity contribution < 1.29 is 13.2 Å². The summed E-state index contributed by atoms with van der Waals surface area (Å²) in [6.45, 7) is 1.89. The Labute approximate surface area is 101 Å². The van der Waals surface area contributed by atoms with Crippen LogP contribution in [0.4, 0.5) is 0 Å². The second kappa shape index (κ2) is 4.45. The van der Waals surface area contributed by atoms with Crippen molar-refractivity contribution in [3.63, 3.8) is 0 Å². The highest BCUT2D eigenvalue weighted by atomic mass is 32.2. The first-order valence-corrected chi connectivity index (χ1v) is 7.05. The van der Waals surface area contributed by atoms with Crippen molar-refractivity contribution in [1.82, 2.24) is 0 Å². The molecule has 0 atom stereocenters. The normalized spacial score (nSPS) is 16.8. The van der Waals surface area contributed by atoms with E-state index in [1.54, 1.807) is 30.3 Å². The minimum absolute atomic E-state index is 0.0346. The van der Waals surface area contributed by atoms with Crippen LogP contribution in [0.1, 0.15) is 24.8 Å². The van der Waals surface area contributed by atoms with E-state index in [0.717, 1.165) is 12.0 Å². The van der Waals surface area contributed by atoms with Crippen molar-refractivity contribution in [3.8, 4) is 0 Å². The van der Waals surface area contributed by atoms with Crippen LogP contribution in [0.15, 0.2) is 40.1 Å². The maximum absolute atomic E-state index is 12.2. The van der Waals surface area contributed by atoms with Crippen molar-refractivity contribution in [2.75, 3.05) is 0 Å². The summed E-state index contributed by atoms with van der Waals surface area (Å²) in [5.41, 5.74) is 0.993. The molecule has 1 aromatic carbocycles. The molecule has 0 aromatic heterocycles. The Morgan fingerprint density at radius 2 is 1.76 bits per heavy atom. The van der Waals surface area contributed by atoms with E-state index in [-0.39, 0.29) is 15.6 Å². The molecule has 1 aliphatic rings. The Balaban J connectivity index is 2.46. The van der Waals surface area contributed by atoms with Gasteiger partial charge in [-0.1, -0.05) is 23.8 Å². The van der Waals surface area contributed by atoms with Gasteiger partial charge < -0.3 is 0 Å². The molecular weight excluding hydrogens is 236 g/mol. The number of benzene rings is 1. The molecule has 0 spiro atoms. The van der Waals surface area contributed by atoms with Crippen LogP contribution in [0, 0.1) is 6.92 Å². The zero-order valence-electron chi connectivity index (χ0n) is 9.64. The molecule has 3 nitrogen and oxygen atoms in total. The predicted octanol–water partition coefficient (Wildman–Crippen LogP) is 2.41. The highest BCUT2D eigenvalue weighted by Crippen LogP contribution is 2.25. The van der Waals surface area contributed by atoms with Crippen LogP contribution in [-0.2, 0) is 14.6 Å². The van der Waals surface area contributed by atoms with Gasteiger partial charge in [0.1, 0.15) is 4.91 Å². The third-order valence-electron chi connectivity index (χ3n) is 2.83. The second-order valence-corrected chi connectivity index (χ2v) is 6.12. The lowest BCUT2D eigenvalue weighted by atomic mass is 10.1. The fourth-order valence-electron chi connectivity index (χ4n) is 1.84. The Bertz CT molecular complexity index is 565. The summed E-state index contributed by atoms with van der Waals surface area (Å²) in [4.78, 5) is 11.8. The largest absolute Gasteiger partial charge is 0.293 e. The van der Waals surface area contributed by atoms with E-state index in [1.807, 2.05) is 6.92 Å². The molecule has 2 rings (SSSR count). The minimum Gasteiger partial charge on any atom is -0.293 e. The molecule has 17 heavy (non-hydrogen) atoms. The van der Waals surface area contributed by atoms with E-state index in [4.69, 9.17) is 0 Å². The molecule has 4 heteroatoms. The zero-order valence-corrected chi connectivity index (χ0v) is 10.5. The second-order valence-electron chi connectivity index (χ2n) is 4.20. The fraction of sp³-hybridized carbons (Fsp3) is 0.308. The van der Waals surface area contributed by atoms with Crippen molar-refractivity contribution >= 4 is 15.6 Å². The van der Waals surface area contributed by atoms with Gasteiger partial charge in [0, 0.05) is 6.42 Å². The topological polar surface area (TPSA) is 51.2 Å². The highest BCUT2D eigenvalue weighted by molar-refractivity contribution is 7.96. The number of rotatable bonds is 2. The van der Waals surface area contributed by atoms with E-state index in [2.05, 4.69) is 0 Å². The minimum atomic E-state index is -3.62. The van der Waals surface area contributed by atoms with Gasteiger partial charge in [0.05, 0.1) is 4.90 Å². The molecule has 0 saturated heterocycles. The Morgan fingerprint density at radius 3 is 2.35 bits per heavy atom. The van der Waals surface area contributed by atoms with Crippen molar-refractivity contribution in [1.29, 1.82) is 0 Å². The molecule has 0 heterocycles. The molecule has 0 N–H and O–H groups in total. The summed E-state index contributed by atoms with van der Waals surface area (Å²) in [5, 5.41) is 0. The van der Waals surface area contributed by atoms with Gasteiger partial charge in [-0.05, 0) is 31.9 Å². The molecule has 0 radical (unpaired) electrons. The number of allylic oxidation sites excluding steroid dienone is 2. The molecule has 90 valence electrons. The molecule has 0 amide bonds.